The van der Waals surface area contributed by atoms with Crippen molar-refractivity contribution in [2.24, 2.45) is 0 Å². The Labute approximate surface area is 157 Å². The largest absolute Gasteiger partial charge is 0.467 e. The zero-order valence-electron chi connectivity index (χ0n) is 14.9. The molecule has 1 saturated heterocycles. The first kappa shape index (κ1) is 16.2. The fourth-order valence-electron chi connectivity index (χ4n) is 3.92. The Morgan fingerprint density at radius 1 is 1.04 bits per heavy atom. The maximum Gasteiger partial charge on any atom is 0.258 e. The lowest BCUT2D eigenvalue weighted by Gasteiger charge is -2.44. The summed E-state index contributed by atoms with van der Waals surface area (Å²) in [7, 11) is 0. The topological polar surface area (TPSA) is 67.4 Å². The van der Waals surface area contributed by atoms with Crippen LogP contribution >= 0.6 is 0 Å². The number of rotatable bonds is 2. The summed E-state index contributed by atoms with van der Waals surface area (Å²) in [5.41, 5.74) is 3.08. The lowest BCUT2D eigenvalue weighted by molar-refractivity contribution is -0.0304. The molecule has 2 aliphatic heterocycles. The number of piperidine rings is 1. The Morgan fingerprint density at radius 2 is 1.81 bits per heavy atom. The van der Waals surface area contributed by atoms with Crippen molar-refractivity contribution in [1.82, 2.24) is 20.2 Å². The summed E-state index contributed by atoms with van der Waals surface area (Å²) < 4.78 is 6.21. The fraction of sp³-hybridized carbons (Fsp3) is 0.286. The molecule has 3 heterocycles. The highest BCUT2D eigenvalue weighted by atomic mass is 16.5. The molecule has 0 bridgehead atoms. The summed E-state index contributed by atoms with van der Waals surface area (Å²) in [4.78, 5) is 23.5. The quantitative estimate of drug-likeness (QED) is 0.761. The van der Waals surface area contributed by atoms with Crippen molar-refractivity contribution >= 4 is 16.9 Å². The number of nitrogens with one attached hydrogen (secondary N) is 1. The van der Waals surface area contributed by atoms with Gasteiger partial charge in [0.05, 0.1) is 16.6 Å². The first-order valence-electron chi connectivity index (χ1n) is 9.23. The number of likely N-dealkylation sites (tertiary alicyclic amines) is 1. The summed E-state index contributed by atoms with van der Waals surface area (Å²) in [5, 5.41) is 3.09. The number of carbonyl (C=O) groups is 1. The van der Waals surface area contributed by atoms with E-state index in [4.69, 9.17) is 4.74 Å². The van der Waals surface area contributed by atoms with Crippen molar-refractivity contribution in [3.63, 3.8) is 0 Å². The molecule has 2 aromatic carbocycles. The van der Waals surface area contributed by atoms with E-state index in [2.05, 4.69) is 32.3 Å². The smallest absolute Gasteiger partial charge is 0.258 e. The minimum atomic E-state index is -0.587. The van der Waals surface area contributed by atoms with Crippen LogP contribution in [0.2, 0.25) is 0 Å². The number of carbonyl (C=O) groups excluding carboxylic acids is 1. The van der Waals surface area contributed by atoms with E-state index in [1.165, 1.54) is 5.56 Å². The van der Waals surface area contributed by atoms with Gasteiger partial charge in [0.15, 0.2) is 5.72 Å². The summed E-state index contributed by atoms with van der Waals surface area (Å²) in [6.07, 6.45) is 4.96. The molecule has 1 aromatic heterocycles. The molecule has 0 aliphatic carbocycles. The number of hydrogen-bond acceptors (Lipinski definition) is 5. The van der Waals surface area contributed by atoms with Gasteiger partial charge in [0.2, 0.25) is 0 Å². The number of para-hydroxylation sites is 1. The van der Waals surface area contributed by atoms with Crippen LogP contribution in [0, 0.1) is 0 Å². The van der Waals surface area contributed by atoms with Crippen molar-refractivity contribution < 1.29 is 9.53 Å². The van der Waals surface area contributed by atoms with Crippen molar-refractivity contribution in [2.45, 2.75) is 25.1 Å². The van der Waals surface area contributed by atoms with Gasteiger partial charge in [-0.05, 0) is 29.8 Å². The Kier molecular flexibility index (Phi) is 3.79. The SMILES string of the molecule is O=C1NC2(CCN(Cc3ccc4nccnc4c3)CC2)Oc2ccccc21. The number of amides is 1. The molecule has 0 radical (unpaired) electrons. The lowest BCUT2D eigenvalue weighted by atomic mass is 9.96. The van der Waals surface area contributed by atoms with Crippen LogP contribution in [-0.4, -0.2) is 39.6 Å². The third-order valence-electron chi connectivity index (χ3n) is 5.38. The predicted octanol–water partition coefficient (Wildman–Crippen LogP) is 2.74. The van der Waals surface area contributed by atoms with Crippen LogP contribution in [0.15, 0.2) is 54.9 Å². The maximum absolute atomic E-state index is 12.4. The van der Waals surface area contributed by atoms with Gasteiger partial charge in [-0.2, -0.15) is 0 Å². The highest BCUT2D eigenvalue weighted by Gasteiger charge is 2.42. The van der Waals surface area contributed by atoms with E-state index in [0.717, 1.165) is 43.5 Å². The standard InChI is InChI=1S/C21H20N4O2/c26-20-16-3-1-2-4-19(16)27-21(24-20)7-11-25(12-8-21)14-15-5-6-17-18(13-15)23-10-9-22-17/h1-6,9-10,13H,7-8,11-12,14H2,(H,24,26). The van der Waals surface area contributed by atoms with Gasteiger partial charge >= 0.3 is 0 Å². The van der Waals surface area contributed by atoms with Gasteiger partial charge in [-0.3, -0.25) is 19.7 Å². The van der Waals surface area contributed by atoms with Gasteiger partial charge in [0.25, 0.3) is 5.91 Å². The Balaban J connectivity index is 1.28. The minimum absolute atomic E-state index is 0.0431. The molecule has 6 heteroatoms. The van der Waals surface area contributed by atoms with E-state index >= 15 is 0 Å². The van der Waals surface area contributed by atoms with Crippen LogP contribution in [0.4, 0.5) is 0 Å². The van der Waals surface area contributed by atoms with Crippen LogP contribution < -0.4 is 10.1 Å². The fourth-order valence-corrected chi connectivity index (χ4v) is 3.92. The first-order valence-corrected chi connectivity index (χ1v) is 9.23. The number of hydrogen-bond donors (Lipinski definition) is 1. The maximum atomic E-state index is 12.4. The van der Waals surface area contributed by atoms with Gasteiger partial charge in [-0.1, -0.05) is 18.2 Å². The highest BCUT2D eigenvalue weighted by Crippen LogP contribution is 2.33. The van der Waals surface area contributed by atoms with Gasteiger partial charge in [0, 0.05) is 44.9 Å². The van der Waals surface area contributed by atoms with Gasteiger partial charge in [0.1, 0.15) is 5.75 Å². The molecule has 5 rings (SSSR count). The van der Waals surface area contributed by atoms with Gasteiger partial charge < -0.3 is 10.1 Å². The Morgan fingerprint density at radius 3 is 2.67 bits per heavy atom. The van der Waals surface area contributed by atoms with E-state index in [0.29, 0.717) is 11.3 Å². The third kappa shape index (κ3) is 3.02. The molecule has 0 saturated carbocycles. The number of fused-ring (bicyclic) bond motifs is 2. The number of benzene rings is 2. The normalized spacial score (nSPS) is 18.7. The number of aromatic nitrogens is 2. The van der Waals surface area contributed by atoms with E-state index in [1.807, 2.05) is 24.3 Å². The summed E-state index contributed by atoms with van der Waals surface area (Å²) in [6.45, 7) is 2.58. The highest BCUT2D eigenvalue weighted by molar-refractivity contribution is 5.98. The van der Waals surface area contributed by atoms with Crippen LogP contribution in [0.5, 0.6) is 5.75 Å². The molecule has 0 unspecified atom stereocenters. The van der Waals surface area contributed by atoms with Crippen LogP contribution in [0.1, 0.15) is 28.8 Å². The molecule has 1 fully saturated rings. The van der Waals surface area contributed by atoms with E-state index < -0.39 is 5.72 Å². The second kappa shape index (κ2) is 6.32. The van der Waals surface area contributed by atoms with E-state index in [9.17, 15) is 4.79 Å². The monoisotopic (exact) mass is 360 g/mol. The Bertz CT molecular complexity index is 1010. The molecular formula is C21H20N4O2. The second-order valence-electron chi connectivity index (χ2n) is 7.20. The summed E-state index contributed by atoms with van der Waals surface area (Å²) in [6, 6.07) is 13.7. The number of nitrogens with zero attached hydrogens (tertiary/aromatic N) is 3. The van der Waals surface area contributed by atoms with Crippen molar-refractivity contribution in [1.29, 1.82) is 0 Å². The zero-order chi connectivity index (χ0) is 18.3. The van der Waals surface area contributed by atoms with Crippen LogP contribution in [-0.2, 0) is 6.54 Å². The minimum Gasteiger partial charge on any atom is -0.467 e. The molecule has 1 N–H and O–H groups in total. The average molecular weight is 360 g/mol. The van der Waals surface area contributed by atoms with Gasteiger partial charge in [-0.25, -0.2) is 0 Å². The molecule has 3 aromatic rings. The molecule has 0 atom stereocenters. The summed E-state index contributed by atoms with van der Waals surface area (Å²) >= 11 is 0. The van der Waals surface area contributed by atoms with Crippen molar-refractivity contribution in [2.75, 3.05) is 13.1 Å². The molecule has 1 amide bonds. The van der Waals surface area contributed by atoms with Crippen LogP contribution in [0.25, 0.3) is 11.0 Å². The molecule has 136 valence electrons. The molecule has 6 nitrogen and oxygen atoms in total. The first-order chi connectivity index (χ1) is 13.2. The van der Waals surface area contributed by atoms with E-state index in [-0.39, 0.29) is 5.91 Å². The predicted molar refractivity (Wildman–Crippen MR) is 101 cm³/mol. The second-order valence-corrected chi connectivity index (χ2v) is 7.20. The molecule has 1 spiro atoms. The van der Waals surface area contributed by atoms with Crippen molar-refractivity contribution in [3.8, 4) is 5.75 Å². The molecule has 2 aliphatic rings. The van der Waals surface area contributed by atoms with Crippen molar-refractivity contribution in [3.05, 3.63) is 66.0 Å². The zero-order valence-corrected chi connectivity index (χ0v) is 14.9. The van der Waals surface area contributed by atoms with Crippen LogP contribution in [0.3, 0.4) is 0 Å². The summed E-state index contributed by atoms with van der Waals surface area (Å²) in [5.74, 6) is 0.640. The third-order valence-corrected chi connectivity index (χ3v) is 5.38. The lowest BCUT2D eigenvalue weighted by Crippen LogP contribution is -2.60. The number of ether oxygens (including phenoxy) is 1. The van der Waals surface area contributed by atoms with E-state index in [1.54, 1.807) is 18.5 Å². The molecular weight excluding hydrogens is 340 g/mol. The Hall–Kier alpha value is -2.99. The van der Waals surface area contributed by atoms with Gasteiger partial charge in [-0.15, -0.1) is 0 Å². The average Bonchev–Trinajstić information content (AvgIpc) is 2.70. The molecule has 27 heavy (non-hydrogen) atoms.